The third-order valence-corrected chi connectivity index (χ3v) is 3.66. The van der Waals surface area contributed by atoms with Crippen LogP contribution in [0.5, 0.6) is 0 Å². The summed E-state index contributed by atoms with van der Waals surface area (Å²) in [6.07, 6.45) is 0.559. The molecule has 1 unspecified atom stereocenters. The van der Waals surface area contributed by atoms with Crippen LogP contribution in [-0.4, -0.2) is 22.5 Å². The van der Waals surface area contributed by atoms with E-state index in [9.17, 15) is 20.0 Å². The van der Waals surface area contributed by atoms with Crippen LogP contribution in [0.3, 0.4) is 0 Å². The first-order valence-electron chi connectivity index (χ1n) is 7.57. The molecule has 1 aromatic heterocycles. The lowest BCUT2D eigenvalue weighted by Gasteiger charge is -2.21. The minimum absolute atomic E-state index is 0.00373. The number of nitro benzene ring substituents is 1. The topological polar surface area (TPSA) is 106 Å². The smallest absolute Gasteiger partial charge is 0.269 e. The second-order valence-corrected chi connectivity index (χ2v) is 5.89. The van der Waals surface area contributed by atoms with Gasteiger partial charge in [0.2, 0.25) is 5.91 Å². The standard InChI is InChI=1S/C17H20N2O5/c1-12-6-8-15(24-12)17(2,21)11-18-16(20)9-7-13-4-3-5-14(10-13)19(22)23/h3-6,8,10,21H,7,9,11H2,1-2H3,(H,18,20). The molecule has 0 fully saturated rings. The van der Waals surface area contributed by atoms with Crippen molar-refractivity contribution in [3.05, 3.63) is 63.6 Å². The lowest BCUT2D eigenvalue weighted by Crippen LogP contribution is -2.38. The molecular weight excluding hydrogens is 312 g/mol. The van der Waals surface area contributed by atoms with Crippen molar-refractivity contribution in [3.8, 4) is 0 Å². The molecule has 2 rings (SSSR count). The summed E-state index contributed by atoms with van der Waals surface area (Å²) in [5.41, 5.74) is -0.577. The molecule has 1 amide bonds. The number of aryl methyl sites for hydroxylation is 2. The van der Waals surface area contributed by atoms with Crippen molar-refractivity contribution in [2.75, 3.05) is 6.54 Å². The van der Waals surface area contributed by atoms with Crippen molar-refractivity contribution in [2.24, 2.45) is 0 Å². The van der Waals surface area contributed by atoms with Crippen LogP contribution in [0.2, 0.25) is 0 Å². The number of hydrogen-bond donors (Lipinski definition) is 2. The SMILES string of the molecule is Cc1ccc(C(C)(O)CNC(=O)CCc2cccc([N+](=O)[O-])c2)o1. The third kappa shape index (κ3) is 4.66. The zero-order valence-electron chi connectivity index (χ0n) is 13.6. The van der Waals surface area contributed by atoms with Crippen LogP contribution in [0.4, 0.5) is 5.69 Å². The van der Waals surface area contributed by atoms with Crippen LogP contribution in [0.15, 0.2) is 40.8 Å². The Morgan fingerprint density at radius 1 is 1.38 bits per heavy atom. The molecule has 1 heterocycles. The highest BCUT2D eigenvalue weighted by molar-refractivity contribution is 5.76. The summed E-state index contributed by atoms with van der Waals surface area (Å²) in [4.78, 5) is 22.2. The Kier molecular flexibility index (Phi) is 5.35. The Morgan fingerprint density at radius 3 is 2.75 bits per heavy atom. The molecule has 0 aliphatic heterocycles. The Morgan fingerprint density at radius 2 is 2.12 bits per heavy atom. The third-order valence-electron chi connectivity index (χ3n) is 3.66. The Hall–Kier alpha value is -2.67. The second kappa shape index (κ2) is 7.27. The maximum atomic E-state index is 11.9. The minimum Gasteiger partial charge on any atom is -0.463 e. The molecule has 0 saturated carbocycles. The highest BCUT2D eigenvalue weighted by Crippen LogP contribution is 2.22. The molecule has 0 bridgehead atoms. The van der Waals surface area contributed by atoms with Crippen molar-refractivity contribution in [1.82, 2.24) is 5.32 Å². The van der Waals surface area contributed by atoms with Gasteiger partial charge in [-0.2, -0.15) is 0 Å². The van der Waals surface area contributed by atoms with E-state index < -0.39 is 10.5 Å². The van der Waals surface area contributed by atoms with Crippen LogP contribution in [-0.2, 0) is 16.8 Å². The van der Waals surface area contributed by atoms with Gasteiger partial charge in [-0.3, -0.25) is 14.9 Å². The van der Waals surface area contributed by atoms with Crippen molar-refractivity contribution in [3.63, 3.8) is 0 Å². The largest absolute Gasteiger partial charge is 0.463 e. The fourth-order valence-electron chi connectivity index (χ4n) is 2.25. The van der Waals surface area contributed by atoms with E-state index in [1.165, 1.54) is 12.1 Å². The van der Waals surface area contributed by atoms with Gasteiger partial charge in [0.05, 0.1) is 11.5 Å². The molecule has 7 nitrogen and oxygen atoms in total. The molecule has 2 aromatic rings. The predicted molar refractivity (Wildman–Crippen MR) is 87.4 cm³/mol. The van der Waals surface area contributed by atoms with Crippen molar-refractivity contribution < 1.29 is 19.2 Å². The molecule has 24 heavy (non-hydrogen) atoms. The first kappa shape index (κ1) is 17.7. The molecule has 0 aliphatic carbocycles. The summed E-state index contributed by atoms with van der Waals surface area (Å²) >= 11 is 0. The van der Waals surface area contributed by atoms with E-state index in [0.717, 1.165) is 0 Å². The number of furan rings is 1. The zero-order chi connectivity index (χ0) is 17.7. The van der Waals surface area contributed by atoms with Gasteiger partial charge < -0.3 is 14.8 Å². The number of nitro groups is 1. The highest BCUT2D eigenvalue weighted by Gasteiger charge is 2.27. The fraction of sp³-hybridized carbons (Fsp3) is 0.353. The van der Waals surface area contributed by atoms with Gasteiger partial charge in [-0.05, 0) is 38.0 Å². The van der Waals surface area contributed by atoms with Gasteiger partial charge >= 0.3 is 0 Å². The first-order valence-corrected chi connectivity index (χ1v) is 7.57. The molecule has 0 radical (unpaired) electrons. The van der Waals surface area contributed by atoms with Gasteiger partial charge in [0.15, 0.2) is 0 Å². The van der Waals surface area contributed by atoms with Crippen molar-refractivity contribution >= 4 is 11.6 Å². The summed E-state index contributed by atoms with van der Waals surface area (Å²) in [6.45, 7) is 3.36. The summed E-state index contributed by atoms with van der Waals surface area (Å²) in [5.74, 6) is 0.825. The fourth-order valence-corrected chi connectivity index (χ4v) is 2.25. The van der Waals surface area contributed by atoms with E-state index in [-0.39, 0.29) is 24.6 Å². The molecule has 128 valence electrons. The Bertz CT molecular complexity index is 736. The normalized spacial score (nSPS) is 13.3. The number of carbonyl (C=O) groups excluding carboxylic acids is 1. The molecule has 0 saturated heterocycles. The second-order valence-electron chi connectivity index (χ2n) is 5.89. The van der Waals surface area contributed by atoms with Gasteiger partial charge in [0, 0.05) is 18.6 Å². The van der Waals surface area contributed by atoms with Gasteiger partial charge in [0.1, 0.15) is 17.1 Å². The molecular formula is C17H20N2O5. The number of amides is 1. The van der Waals surface area contributed by atoms with Crippen molar-refractivity contribution in [2.45, 2.75) is 32.3 Å². The summed E-state index contributed by atoms with van der Waals surface area (Å²) in [7, 11) is 0. The van der Waals surface area contributed by atoms with Crippen molar-refractivity contribution in [1.29, 1.82) is 0 Å². The number of non-ortho nitro benzene ring substituents is 1. The number of rotatable bonds is 7. The maximum Gasteiger partial charge on any atom is 0.269 e. The van der Waals surface area contributed by atoms with E-state index in [2.05, 4.69) is 5.32 Å². The highest BCUT2D eigenvalue weighted by atomic mass is 16.6. The maximum absolute atomic E-state index is 11.9. The van der Waals surface area contributed by atoms with Crippen LogP contribution < -0.4 is 5.32 Å². The number of hydrogen-bond acceptors (Lipinski definition) is 5. The average Bonchev–Trinajstić information content (AvgIpc) is 2.99. The molecule has 0 aliphatic rings. The molecule has 1 aromatic carbocycles. The van der Waals surface area contributed by atoms with E-state index in [4.69, 9.17) is 4.42 Å². The van der Waals surface area contributed by atoms with E-state index in [0.29, 0.717) is 23.5 Å². The van der Waals surface area contributed by atoms with E-state index in [1.807, 2.05) is 0 Å². The van der Waals surface area contributed by atoms with E-state index in [1.54, 1.807) is 38.1 Å². The average molecular weight is 332 g/mol. The van der Waals surface area contributed by atoms with E-state index >= 15 is 0 Å². The number of aliphatic hydroxyl groups is 1. The van der Waals surface area contributed by atoms with Crippen LogP contribution >= 0.6 is 0 Å². The number of carbonyl (C=O) groups is 1. The first-order chi connectivity index (χ1) is 11.3. The Balaban J connectivity index is 1.85. The number of nitrogens with zero attached hydrogens (tertiary/aromatic N) is 1. The Labute approximate surface area is 139 Å². The molecule has 2 N–H and O–H groups in total. The van der Waals surface area contributed by atoms with Crippen LogP contribution in [0.1, 0.15) is 30.4 Å². The summed E-state index contributed by atoms with van der Waals surface area (Å²) < 4.78 is 5.38. The lowest BCUT2D eigenvalue weighted by atomic mass is 10.0. The van der Waals surface area contributed by atoms with Crippen LogP contribution in [0, 0.1) is 17.0 Å². The predicted octanol–water partition coefficient (Wildman–Crippen LogP) is 2.45. The molecule has 7 heteroatoms. The monoisotopic (exact) mass is 332 g/mol. The van der Waals surface area contributed by atoms with Gasteiger partial charge in [-0.25, -0.2) is 0 Å². The van der Waals surface area contributed by atoms with Gasteiger partial charge in [-0.1, -0.05) is 12.1 Å². The lowest BCUT2D eigenvalue weighted by molar-refractivity contribution is -0.384. The van der Waals surface area contributed by atoms with Gasteiger partial charge in [-0.15, -0.1) is 0 Å². The minimum atomic E-state index is -1.30. The number of nitrogens with one attached hydrogen (secondary N) is 1. The quantitative estimate of drug-likeness (QED) is 0.598. The summed E-state index contributed by atoms with van der Waals surface area (Å²) in [5, 5.41) is 23.7. The summed E-state index contributed by atoms with van der Waals surface area (Å²) in [6, 6.07) is 9.61. The molecule has 0 spiro atoms. The molecule has 1 atom stereocenters. The zero-order valence-corrected chi connectivity index (χ0v) is 13.6. The van der Waals surface area contributed by atoms with Crippen LogP contribution in [0.25, 0.3) is 0 Å². The number of benzene rings is 1. The van der Waals surface area contributed by atoms with Gasteiger partial charge in [0.25, 0.3) is 5.69 Å².